The average molecular weight is 272 g/mol. The average Bonchev–Trinajstić information content (AvgIpc) is 2.70. The van der Waals surface area contributed by atoms with Crippen LogP contribution < -0.4 is 0 Å². The number of carbonyl (C=O) groups is 1. The predicted molar refractivity (Wildman–Crippen MR) is 80.8 cm³/mol. The molecule has 0 amide bonds. The molecule has 0 radical (unpaired) electrons. The predicted octanol–water partition coefficient (Wildman–Crippen LogP) is 3.88. The Balaban J connectivity index is 1.89. The van der Waals surface area contributed by atoms with Crippen molar-refractivity contribution in [2.24, 2.45) is 17.3 Å². The summed E-state index contributed by atoms with van der Waals surface area (Å²) < 4.78 is 5.67. The maximum absolute atomic E-state index is 12.3. The van der Waals surface area contributed by atoms with E-state index in [-0.39, 0.29) is 23.4 Å². The van der Waals surface area contributed by atoms with Crippen LogP contribution in [0.1, 0.15) is 47.0 Å². The molecule has 2 heteroatoms. The quantitative estimate of drug-likeness (QED) is 0.441. The molecule has 1 saturated carbocycles. The zero-order valence-corrected chi connectivity index (χ0v) is 12.9. The fourth-order valence-corrected chi connectivity index (χ4v) is 3.16. The highest BCUT2D eigenvalue weighted by Gasteiger charge is 2.61. The van der Waals surface area contributed by atoms with Gasteiger partial charge in [-0.3, -0.25) is 4.79 Å². The second kappa shape index (κ2) is 5.48. The van der Waals surface area contributed by atoms with Crippen LogP contribution in [0.25, 0.3) is 0 Å². The minimum atomic E-state index is -0.0437. The zero-order chi connectivity index (χ0) is 14.9. The normalized spacial score (nSPS) is 30.1. The summed E-state index contributed by atoms with van der Waals surface area (Å²) in [4.78, 5) is 12.3. The van der Waals surface area contributed by atoms with Crippen LogP contribution in [0, 0.1) is 29.6 Å². The van der Waals surface area contributed by atoms with E-state index in [0.717, 1.165) is 12.8 Å². The molecule has 20 heavy (non-hydrogen) atoms. The Labute approximate surface area is 122 Å². The van der Waals surface area contributed by atoms with Crippen molar-refractivity contribution >= 4 is 5.97 Å². The lowest BCUT2D eigenvalue weighted by atomic mass is 10.1. The van der Waals surface area contributed by atoms with E-state index in [4.69, 9.17) is 11.2 Å². The molecule has 0 heterocycles. The van der Waals surface area contributed by atoms with Crippen molar-refractivity contribution in [3.05, 3.63) is 23.3 Å². The number of hydrogen-bond acceptors (Lipinski definition) is 2. The molecule has 0 aromatic rings. The molecule has 0 bridgehead atoms. The number of rotatable bonds is 4. The lowest BCUT2D eigenvalue weighted by Gasteiger charge is -2.12. The zero-order valence-electron chi connectivity index (χ0n) is 12.9. The molecule has 1 unspecified atom stereocenters. The van der Waals surface area contributed by atoms with Gasteiger partial charge in [-0.15, -0.1) is 12.3 Å². The van der Waals surface area contributed by atoms with Gasteiger partial charge in [-0.2, -0.15) is 0 Å². The van der Waals surface area contributed by atoms with Crippen LogP contribution in [-0.2, 0) is 9.53 Å². The molecule has 2 aliphatic rings. The van der Waals surface area contributed by atoms with Crippen molar-refractivity contribution in [3.63, 3.8) is 0 Å². The van der Waals surface area contributed by atoms with E-state index in [1.807, 2.05) is 0 Å². The highest BCUT2D eigenvalue weighted by molar-refractivity contribution is 5.78. The van der Waals surface area contributed by atoms with Gasteiger partial charge >= 0.3 is 5.97 Å². The third-order valence-corrected chi connectivity index (χ3v) is 4.45. The summed E-state index contributed by atoms with van der Waals surface area (Å²) in [7, 11) is 0. The van der Waals surface area contributed by atoms with Gasteiger partial charge in [0.2, 0.25) is 0 Å². The smallest absolute Gasteiger partial charge is 0.310 e. The second-order valence-electron chi connectivity index (χ2n) is 6.81. The molecule has 0 aliphatic heterocycles. The van der Waals surface area contributed by atoms with Gasteiger partial charge < -0.3 is 4.74 Å². The minimum absolute atomic E-state index is 0.00500. The van der Waals surface area contributed by atoms with Crippen molar-refractivity contribution in [1.29, 1.82) is 0 Å². The minimum Gasteiger partial charge on any atom is -0.461 e. The molecule has 0 aromatic carbocycles. The van der Waals surface area contributed by atoms with Crippen LogP contribution in [0.4, 0.5) is 0 Å². The SMILES string of the molecule is C#CCC1=CCC(OC(=O)[C@@H]2[C@@H](C=C(C)C)C2(C)C)C1. The highest BCUT2D eigenvalue weighted by atomic mass is 16.5. The first kappa shape index (κ1) is 14.9. The van der Waals surface area contributed by atoms with Gasteiger partial charge in [0, 0.05) is 19.3 Å². The molecule has 2 nitrogen and oxygen atoms in total. The Hall–Kier alpha value is -1.49. The van der Waals surface area contributed by atoms with Crippen molar-refractivity contribution in [1.82, 2.24) is 0 Å². The van der Waals surface area contributed by atoms with Crippen molar-refractivity contribution in [2.45, 2.75) is 53.1 Å². The monoisotopic (exact) mass is 272 g/mol. The van der Waals surface area contributed by atoms with Gasteiger partial charge in [0.25, 0.3) is 0 Å². The van der Waals surface area contributed by atoms with Crippen LogP contribution in [0.15, 0.2) is 23.3 Å². The van der Waals surface area contributed by atoms with Gasteiger partial charge in [-0.1, -0.05) is 37.1 Å². The molecule has 108 valence electrons. The lowest BCUT2D eigenvalue weighted by molar-refractivity contribution is -0.151. The van der Waals surface area contributed by atoms with Gasteiger partial charge in [-0.25, -0.2) is 0 Å². The maximum Gasteiger partial charge on any atom is 0.310 e. The highest BCUT2D eigenvalue weighted by Crippen LogP contribution is 2.60. The lowest BCUT2D eigenvalue weighted by Crippen LogP contribution is -2.18. The van der Waals surface area contributed by atoms with Crippen LogP contribution in [0.3, 0.4) is 0 Å². The number of terminal acetylenes is 1. The van der Waals surface area contributed by atoms with Gasteiger partial charge in [0.05, 0.1) is 5.92 Å². The largest absolute Gasteiger partial charge is 0.461 e. The fraction of sp³-hybridized carbons (Fsp3) is 0.611. The summed E-state index contributed by atoms with van der Waals surface area (Å²) in [6.45, 7) is 8.42. The summed E-state index contributed by atoms with van der Waals surface area (Å²) in [6.07, 6.45) is 11.9. The third kappa shape index (κ3) is 2.98. The Bertz CT molecular complexity index is 498. The van der Waals surface area contributed by atoms with Crippen molar-refractivity contribution in [2.75, 3.05) is 0 Å². The Morgan fingerprint density at radius 3 is 2.85 bits per heavy atom. The van der Waals surface area contributed by atoms with E-state index in [9.17, 15) is 4.79 Å². The van der Waals surface area contributed by atoms with E-state index in [1.54, 1.807) is 0 Å². The van der Waals surface area contributed by atoms with Crippen molar-refractivity contribution < 1.29 is 9.53 Å². The van der Waals surface area contributed by atoms with Gasteiger partial charge in [0.15, 0.2) is 0 Å². The molecule has 2 aliphatic carbocycles. The third-order valence-electron chi connectivity index (χ3n) is 4.45. The summed E-state index contributed by atoms with van der Waals surface area (Å²) in [5.41, 5.74) is 2.51. The molecule has 0 N–H and O–H groups in total. The molecule has 0 spiro atoms. The van der Waals surface area contributed by atoms with E-state index in [0.29, 0.717) is 12.3 Å². The first-order valence-electron chi connectivity index (χ1n) is 7.33. The molecule has 0 saturated heterocycles. The number of carbonyl (C=O) groups excluding carboxylic acids is 1. The number of ether oxygens (including phenoxy) is 1. The van der Waals surface area contributed by atoms with Crippen LogP contribution >= 0.6 is 0 Å². The van der Waals surface area contributed by atoms with E-state index < -0.39 is 0 Å². The number of allylic oxidation sites excluding steroid dienone is 2. The summed E-state index contributed by atoms with van der Waals surface area (Å²) in [6, 6.07) is 0. The first-order valence-corrected chi connectivity index (χ1v) is 7.33. The summed E-state index contributed by atoms with van der Waals surface area (Å²) >= 11 is 0. The Morgan fingerprint density at radius 1 is 1.55 bits per heavy atom. The van der Waals surface area contributed by atoms with Crippen LogP contribution in [-0.4, -0.2) is 12.1 Å². The Kier molecular flexibility index (Phi) is 4.09. The molecular formula is C18H24O2. The topological polar surface area (TPSA) is 26.3 Å². The van der Waals surface area contributed by atoms with Gasteiger partial charge in [0.1, 0.15) is 6.10 Å². The summed E-state index contributed by atoms with van der Waals surface area (Å²) in [5.74, 6) is 2.93. The van der Waals surface area contributed by atoms with Gasteiger partial charge in [-0.05, 0) is 25.2 Å². The fourth-order valence-electron chi connectivity index (χ4n) is 3.16. The molecule has 3 atom stereocenters. The standard InChI is InChI=1S/C18H24O2/c1-6-7-13-8-9-14(11-13)20-17(19)16-15(10-12(2)3)18(16,4)5/h1,8,10,14-16H,7,9,11H2,2-5H3/t14?,15-,16+/m1/s1. The molecule has 0 aromatic heterocycles. The number of hydrogen-bond donors (Lipinski definition) is 0. The van der Waals surface area contributed by atoms with Crippen LogP contribution in [0.5, 0.6) is 0 Å². The van der Waals surface area contributed by atoms with E-state index in [1.165, 1.54) is 11.1 Å². The van der Waals surface area contributed by atoms with E-state index >= 15 is 0 Å². The maximum atomic E-state index is 12.3. The molecule has 2 rings (SSSR count). The second-order valence-corrected chi connectivity index (χ2v) is 6.81. The Morgan fingerprint density at radius 2 is 2.25 bits per heavy atom. The van der Waals surface area contributed by atoms with Crippen LogP contribution in [0.2, 0.25) is 0 Å². The molecular weight excluding hydrogens is 248 g/mol. The van der Waals surface area contributed by atoms with E-state index in [2.05, 4.69) is 45.8 Å². The van der Waals surface area contributed by atoms with Crippen molar-refractivity contribution in [3.8, 4) is 12.3 Å². The summed E-state index contributed by atoms with van der Waals surface area (Å²) in [5, 5.41) is 0. The first-order chi connectivity index (χ1) is 9.36. The molecule has 1 fully saturated rings. The number of esters is 1.